The van der Waals surface area contributed by atoms with E-state index in [0.29, 0.717) is 5.56 Å². The number of rotatable bonds is 3. The predicted molar refractivity (Wildman–Crippen MR) is 70.3 cm³/mol. The zero-order chi connectivity index (χ0) is 14.0. The summed E-state index contributed by atoms with van der Waals surface area (Å²) in [5, 5.41) is 0.156. The number of nitrogen functional groups attached to an aromatic ring is 1. The molecule has 19 heavy (non-hydrogen) atoms. The van der Waals surface area contributed by atoms with E-state index in [0.717, 1.165) is 12.1 Å². The molecule has 0 aliphatic heterocycles. The van der Waals surface area contributed by atoms with E-state index in [1.807, 2.05) is 0 Å². The molecule has 0 fully saturated rings. The van der Waals surface area contributed by atoms with Crippen molar-refractivity contribution in [1.82, 2.24) is 0 Å². The van der Waals surface area contributed by atoms with Gasteiger partial charge >= 0.3 is 0 Å². The fraction of sp³-hybridized carbons (Fsp3) is 0.0714. The summed E-state index contributed by atoms with van der Waals surface area (Å²) in [5.74, 6) is -1.39. The van der Waals surface area contributed by atoms with Gasteiger partial charge in [0.2, 0.25) is 0 Å². The Labute approximate surface area is 113 Å². The van der Waals surface area contributed by atoms with Crippen LogP contribution in [0.4, 0.5) is 14.5 Å². The number of benzene rings is 2. The highest BCUT2D eigenvalue weighted by atomic mass is 35.5. The molecular formula is C14H10ClF2NO. The van der Waals surface area contributed by atoms with Gasteiger partial charge in [-0.1, -0.05) is 17.7 Å². The number of hydrogen-bond donors (Lipinski definition) is 1. The van der Waals surface area contributed by atoms with E-state index >= 15 is 0 Å². The lowest BCUT2D eigenvalue weighted by atomic mass is 10.0. The Balaban J connectivity index is 2.28. The number of ketones is 1. The number of halogens is 3. The fourth-order valence-corrected chi connectivity index (χ4v) is 1.94. The normalized spacial score (nSPS) is 10.5. The number of carbonyl (C=O) groups excluding carboxylic acids is 1. The van der Waals surface area contributed by atoms with Crippen LogP contribution < -0.4 is 5.73 Å². The minimum atomic E-state index is -0.539. The summed E-state index contributed by atoms with van der Waals surface area (Å²) >= 11 is 5.83. The Kier molecular flexibility index (Phi) is 3.81. The predicted octanol–water partition coefficient (Wildman–Crippen LogP) is 3.63. The summed E-state index contributed by atoms with van der Waals surface area (Å²) in [6, 6.07) is 7.34. The lowest BCUT2D eigenvalue weighted by Crippen LogP contribution is -2.08. The third-order valence-electron chi connectivity index (χ3n) is 2.68. The first-order chi connectivity index (χ1) is 8.97. The number of anilines is 1. The van der Waals surface area contributed by atoms with Crippen LogP contribution in [0.5, 0.6) is 0 Å². The van der Waals surface area contributed by atoms with E-state index in [4.69, 9.17) is 17.3 Å². The lowest BCUT2D eigenvalue weighted by molar-refractivity contribution is 0.0993. The van der Waals surface area contributed by atoms with Gasteiger partial charge in [-0.25, -0.2) is 8.78 Å². The highest BCUT2D eigenvalue weighted by molar-refractivity contribution is 6.31. The third kappa shape index (κ3) is 3.09. The standard InChI is InChI=1S/C14H10ClF2NO/c15-12-7-10(17)2-1-8(12)5-14(19)11-6-9(16)3-4-13(11)18/h1-4,6-7H,5,18H2. The Bertz CT molecular complexity index is 643. The van der Waals surface area contributed by atoms with Crippen LogP contribution in [-0.2, 0) is 6.42 Å². The molecule has 2 aromatic rings. The highest BCUT2D eigenvalue weighted by Crippen LogP contribution is 2.21. The van der Waals surface area contributed by atoms with Crippen molar-refractivity contribution in [2.24, 2.45) is 0 Å². The first kappa shape index (κ1) is 13.5. The van der Waals surface area contributed by atoms with Gasteiger partial charge < -0.3 is 5.73 Å². The van der Waals surface area contributed by atoms with Crippen molar-refractivity contribution >= 4 is 23.1 Å². The van der Waals surface area contributed by atoms with Gasteiger partial charge in [0.15, 0.2) is 5.78 Å². The van der Waals surface area contributed by atoms with E-state index in [-0.39, 0.29) is 28.5 Å². The van der Waals surface area contributed by atoms with E-state index in [9.17, 15) is 13.6 Å². The van der Waals surface area contributed by atoms with Gasteiger partial charge in [0.25, 0.3) is 0 Å². The minimum Gasteiger partial charge on any atom is -0.398 e. The Morgan fingerprint density at radius 1 is 1.11 bits per heavy atom. The zero-order valence-electron chi connectivity index (χ0n) is 9.79. The largest absolute Gasteiger partial charge is 0.398 e. The summed E-state index contributed by atoms with van der Waals surface area (Å²) in [6.45, 7) is 0. The first-order valence-electron chi connectivity index (χ1n) is 5.49. The molecule has 0 aromatic heterocycles. The maximum Gasteiger partial charge on any atom is 0.169 e. The molecule has 0 radical (unpaired) electrons. The molecule has 0 amide bonds. The third-order valence-corrected chi connectivity index (χ3v) is 3.03. The molecule has 98 valence electrons. The second-order valence-electron chi connectivity index (χ2n) is 4.07. The number of nitrogens with two attached hydrogens (primary N) is 1. The van der Waals surface area contributed by atoms with Gasteiger partial charge in [-0.15, -0.1) is 0 Å². The number of carbonyl (C=O) groups is 1. The molecule has 0 saturated carbocycles. The smallest absolute Gasteiger partial charge is 0.169 e. The second kappa shape index (κ2) is 5.36. The van der Waals surface area contributed by atoms with Crippen LogP contribution in [0.1, 0.15) is 15.9 Å². The summed E-state index contributed by atoms with van der Waals surface area (Å²) in [6.07, 6.45) is -0.0627. The van der Waals surface area contributed by atoms with Gasteiger partial charge in [-0.05, 0) is 35.9 Å². The van der Waals surface area contributed by atoms with Crippen molar-refractivity contribution in [2.45, 2.75) is 6.42 Å². The van der Waals surface area contributed by atoms with Gasteiger partial charge in [0.05, 0.1) is 0 Å². The van der Waals surface area contributed by atoms with Crippen molar-refractivity contribution in [3.05, 3.63) is 64.2 Å². The number of hydrogen-bond acceptors (Lipinski definition) is 2. The number of Topliss-reactive ketones (excluding diaryl/α,β-unsaturated/α-hetero) is 1. The molecule has 0 saturated heterocycles. The highest BCUT2D eigenvalue weighted by Gasteiger charge is 2.13. The van der Waals surface area contributed by atoms with Crippen LogP contribution in [0.15, 0.2) is 36.4 Å². The molecule has 0 heterocycles. The summed E-state index contributed by atoms with van der Waals surface area (Å²) in [5.41, 5.74) is 6.39. The molecule has 0 unspecified atom stereocenters. The molecule has 0 aliphatic carbocycles. The van der Waals surface area contributed by atoms with Crippen LogP contribution in [0.25, 0.3) is 0 Å². The maximum atomic E-state index is 13.1. The molecule has 5 heteroatoms. The Hall–Kier alpha value is -1.94. The Morgan fingerprint density at radius 2 is 1.74 bits per heavy atom. The van der Waals surface area contributed by atoms with Crippen molar-refractivity contribution in [3.8, 4) is 0 Å². The van der Waals surface area contributed by atoms with Gasteiger partial charge in [-0.3, -0.25) is 4.79 Å². The molecule has 2 nitrogen and oxygen atoms in total. The minimum absolute atomic E-state index is 0.0627. The van der Waals surface area contributed by atoms with E-state index in [2.05, 4.69) is 0 Å². The van der Waals surface area contributed by atoms with Gasteiger partial charge in [0, 0.05) is 22.7 Å². The topological polar surface area (TPSA) is 43.1 Å². The first-order valence-corrected chi connectivity index (χ1v) is 5.87. The molecule has 0 bridgehead atoms. The van der Waals surface area contributed by atoms with Crippen LogP contribution in [0.2, 0.25) is 5.02 Å². The van der Waals surface area contributed by atoms with Crippen molar-refractivity contribution in [1.29, 1.82) is 0 Å². The quantitative estimate of drug-likeness (QED) is 0.690. The lowest BCUT2D eigenvalue weighted by Gasteiger charge is -2.06. The molecule has 0 atom stereocenters. The second-order valence-corrected chi connectivity index (χ2v) is 4.47. The van der Waals surface area contributed by atoms with Crippen molar-refractivity contribution in [3.63, 3.8) is 0 Å². The van der Waals surface area contributed by atoms with Crippen molar-refractivity contribution < 1.29 is 13.6 Å². The molecule has 0 aliphatic rings. The molecule has 0 spiro atoms. The van der Waals surface area contributed by atoms with Crippen LogP contribution in [0, 0.1) is 11.6 Å². The zero-order valence-corrected chi connectivity index (χ0v) is 10.5. The van der Waals surface area contributed by atoms with E-state index in [1.54, 1.807) is 0 Å². The molecule has 2 rings (SSSR count). The average Bonchev–Trinajstić information content (AvgIpc) is 2.35. The SMILES string of the molecule is Nc1ccc(F)cc1C(=O)Cc1ccc(F)cc1Cl. The average molecular weight is 282 g/mol. The molecular weight excluding hydrogens is 272 g/mol. The summed E-state index contributed by atoms with van der Waals surface area (Å²) < 4.78 is 26.0. The van der Waals surface area contributed by atoms with Crippen LogP contribution in [0.3, 0.4) is 0 Å². The Morgan fingerprint density at radius 3 is 2.42 bits per heavy atom. The van der Waals surface area contributed by atoms with Crippen LogP contribution in [-0.4, -0.2) is 5.78 Å². The fourth-order valence-electron chi connectivity index (χ4n) is 1.70. The van der Waals surface area contributed by atoms with Crippen molar-refractivity contribution in [2.75, 3.05) is 5.73 Å². The van der Waals surface area contributed by atoms with Gasteiger partial charge in [0.1, 0.15) is 11.6 Å². The van der Waals surface area contributed by atoms with E-state index in [1.165, 1.54) is 24.3 Å². The van der Waals surface area contributed by atoms with Crippen LogP contribution >= 0.6 is 11.6 Å². The van der Waals surface area contributed by atoms with Gasteiger partial charge in [-0.2, -0.15) is 0 Å². The molecule has 2 N–H and O–H groups in total. The monoisotopic (exact) mass is 281 g/mol. The maximum absolute atomic E-state index is 13.1. The summed E-state index contributed by atoms with van der Waals surface area (Å²) in [7, 11) is 0. The summed E-state index contributed by atoms with van der Waals surface area (Å²) in [4.78, 5) is 12.0. The van der Waals surface area contributed by atoms with E-state index < -0.39 is 11.6 Å². The molecule has 2 aromatic carbocycles.